The quantitative estimate of drug-likeness (QED) is 0.782. The van der Waals surface area contributed by atoms with Crippen LogP contribution in [0.3, 0.4) is 0 Å². The van der Waals surface area contributed by atoms with Crippen LogP contribution < -0.4 is 5.32 Å². The summed E-state index contributed by atoms with van der Waals surface area (Å²) in [5, 5.41) is 2.93. The van der Waals surface area contributed by atoms with E-state index >= 15 is 0 Å². The molecule has 2 saturated heterocycles. The average Bonchev–Trinajstić information content (AvgIpc) is 3.19. The monoisotopic (exact) mass is 414 g/mol. The minimum absolute atomic E-state index is 0.0268. The lowest BCUT2D eigenvalue weighted by molar-refractivity contribution is -0.140. The van der Waals surface area contributed by atoms with Crippen molar-refractivity contribution >= 4 is 17.9 Å². The number of carbonyl (C=O) groups is 3. The molecule has 1 aromatic rings. The molecule has 0 spiro atoms. The summed E-state index contributed by atoms with van der Waals surface area (Å²) in [6.45, 7) is 5.37. The molecular weight excluding hydrogens is 384 g/mol. The topological polar surface area (TPSA) is 82.2 Å². The van der Waals surface area contributed by atoms with Crippen molar-refractivity contribution in [3.05, 3.63) is 35.4 Å². The molecule has 0 radical (unpaired) electrons. The van der Waals surface area contributed by atoms with Gasteiger partial charge in [0, 0.05) is 45.3 Å². The Balaban J connectivity index is 1.37. The number of benzene rings is 1. The molecule has 1 atom stereocenters. The van der Waals surface area contributed by atoms with E-state index in [1.807, 2.05) is 0 Å². The zero-order valence-corrected chi connectivity index (χ0v) is 17.5. The predicted octanol–water partition coefficient (Wildman–Crippen LogP) is 0.645. The number of nitrogens with zero attached hydrogens (tertiary/aromatic N) is 3. The summed E-state index contributed by atoms with van der Waals surface area (Å²) in [7, 11) is 0. The molecule has 4 rings (SSSR count). The van der Waals surface area contributed by atoms with Gasteiger partial charge in [-0.1, -0.05) is 24.3 Å². The van der Waals surface area contributed by atoms with Crippen molar-refractivity contribution in [1.29, 1.82) is 0 Å². The largest absolute Gasteiger partial charge is 0.450 e. The van der Waals surface area contributed by atoms with Gasteiger partial charge in [-0.3, -0.25) is 14.5 Å². The number of amides is 3. The number of ether oxygens (including phenoxy) is 1. The zero-order valence-electron chi connectivity index (χ0n) is 17.5. The van der Waals surface area contributed by atoms with Crippen LogP contribution in [0.4, 0.5) is 4.79 Å². The van der Waals surface area contributed by atoms with Gasteiger partial charge >= 0.3 is 6.09 Å². The fourth-order valence-corrected chi connectivity index (χ4v) is 4.80. The Bertz CT molecular complexity index is 781. The van der Waals surface area contributed by atoms with E-state index < -0.39 is 6.04 Å². The molecule has 1 N–H and O–H groups in total. The molecule has 3 amide bonds. The number of nitrogens with one attached hydrogen (secondary N) is 1. The molecule has 0 bridgehead atoms. The molecule has 0 saturated carbocycles. The van der Waals surface area contributed by atoms with Gasteiger partial charge in [-0.05, 0) is 30.9 Å². The van der Waals surface area contributed by atoms with Gasteiger partial charge in [0.25, 0.3) is 0 Å². The first kappa shape index (κ1) is 20.7. The number of carbonyl (C=O) groups excluding carboxylic acids is 3. The first-order valence-electron chi connectivity index (χ1n) is 10.9. The van der Waals surface area contributed by atoms with Crippen LogP contribution in [0.5, 0.6) is 0 Å². The summed E-state index contributed by atoms with van der Waals surface area (Å²) in [5.74, 6) is -0.0863. The minimum atomic E-state index is -0.436. The molecule has 1 aliphatic carbocycles. The number of rotatable bonds is 4. The van der Waals surface area contributed by atoms with Crippen LogP contribution in [-0.2, 0) is 27.2 Å². The number of piperazine rings is 2. The summed E-state index contributed by atoms with van der Waals surface area (Å²) < 4.78 is 5.03. The summed E-state index contributed by atoms with van der Waals surface area (Å²) in [6.07, 6.45) is 1.69. The van der Waals surface area contributed by atoms with E-state index in [1.54, 1.807) is 16.7 Å². The highest BCUT2D eigenvalue weighted by atomic mass is 16.6. The second-order valence-corrected chi connectivity index (χ2v) is 8.15. The van der Waals surface area contributed by atoms with Crippen LogP contribution in [0.15, 0.2) is 24.3 Å². The highest BCUT2D eigenvalue weighted by Gasteiger charge is 2.39. The molecule has 162 valence electrons. The zero-order chi connectivity index (χ0) is 21.1. The van der Waals surface area contributed by atoms with E-state index in [0.29, 0.717) is 39.3 Å². The van der Waals surface area contributed by atoms with Gasteiger partial charge in [0.1, 0.15) is 0 Å². The second kappa shape index (κ2) is 9.04. The Morgan fingerprint density at radius 2 is 1.67 bits per heavy atom. The van der Waals surface area contributed by atoms with Crippen LogP contribution in [0.25, 0.3) is 0 Å². The summed E-state index contributed by atoms with van der Waals surface area (Å²) in [4.78, 5) is 43.1. The predicted molar refractivity (Wildman–Crippen MR) is 111 cm³/mol. The SMILES string of the molecule is CCOC(=O)N1CCN(C(=O)C[C@H]2C(=O)NCCN2C2Cc3ccccc3C2)CC1. The van der Waals surface area contributed by atoms with Gasteiger partial charge in [0.05, 0.1) is 19.1 Å². The van der Waals surface area contributed by atoms with E-state index in [9.17, 15) is 14.4 Å². The van der Waals surface area contributed by atoms with Crippen molar-refractivity contribution in [1.82, 2.24) is 20.0 Å². The van der Waals surface area contributed by atoms with Crippen molar-refractivity contribution in [2.24, 2.45) is 0 Å². The summed E-state index contributed by atoms with van der Waals surface area (Å²) >= 11 is 0. The fraction of sp³-hybridized carbons (Fsp3) is 0.591. The smallest absolute Gasteiger partial charge is 0.409 e. The lowest BCUT2D eigenvalue weighted by atomic mass is 10.0. The molecule has 8 nitrogen and oxygen atoms in total. The van der Waals surface area contributed by atoms with Crippen molar-refractivity contribution in [2.45, 2.75) is 38.3 Å². The van der Waals surface area contributed by atoms with E-state index in [2.05, 4.69) is 34.5 Å². The lowest BCUT2D eigenvalue weighted by Gasteiger charge is -2.40. The first-order valence-corrected chi connectivity index (χ1v) is 10.9. The Morgan fingerprint density at radius 3 is 2.30 bits per heavy atom. The third kappa shape index (κ3) is 4.28. The summed E-state index contributed by atoms with van der Waals surface area (Å²) in [5.41, 5.74) is 2.68. The number of fused-ring (bicyclic) bond motifs is 1. The van der Waals surface area contributed by atoms with Gasteiger partial charge in [-0.2, -0.15) is 0 Å². The molecule has 2 fully saturated rings. The van der Waals surface area contributed by atoms with E-state index in [0.717, 1.165) is 19.4 Å². The van der Waals surface area contributed by atoms with Crippen molar-refractivity contribution < 1.29 is 19.1 Å². The highest BCUT2D eigenvalue weighted by Crippen LogP contribution is 2.28. The first-order chi connectivity index (χ1) is 14.6. The van der Waals surface area contributed by atoms with Crippen LogP contribution >= 0.6 is 0 Å². The van der Waals surface area contributed by atoms with Crippen molar-refractivity contribution in [3.63, 3.8) is 0 Å². The molecular formula is C22H30N4O4. The molecule has 1 aromatic carbocycles. The summed E-state index contributed by atoms with van der Waals surface area (Å²) in [6, 6.07) is 8.24. The normalized spacial score (nSPS) is 22.6. The molecule has 0 aromatic heterocycles. The third-order valence-electron chi connectivity index (χ3n) is 6.40. The maximum absolute atomic E-state index is 13.0. The van der Waals surface area contributed by atoms with Crippen LogP contribution in [0, 0.1) is 0 Å². The van der Waals surface area contributed by atoms with E-state index in [1.165, 1.54) is 11.1 Å². The van der Waals surface area contributed by atoms with Gasteiger partial charge in [0.2, 0.25) is 11.8 Å². The Morgan fingerprint density at radius 1 is 1.03 bits per heavy atom. The molecule has 0 unspecified atom stereocenters. The van der Waals surface area contributed by atoms with Gasteiger partial charge in [-0.25, -0.2) is 4.79 Å². The Hall–Kier alpha value is -2.61. The minimum Gasteiger partial charge on any atom is -0.450 e. The molecule has 30 heavy (non-hydrogen) atoms. The highest BCUT2D eigenvalue weighted by molar-refractivity contribution is 5.89. The van der Waals surface area contributed by atoms with E-state index in [4.69, 9.17) is 4.74 Å². The van der Waals surface area contributed by atoms with Gasteiger partial charge in [0.15, 0.2) is 0 Å². The molecule has 2 aliphatic heterocycles. The van der Waals surface area contributed by atoms with Crippen LogP contribution in [-0.4, -0.2) is 90.6 Å². The molecule has 8 heteroatoms. The lowest BCUT2D eigenvalue weighted by Crippen LogP contribution is -2.60. The van der Waals surface area contributed by atoms with Crippen LogP contribution in [0.1, 0.15) is 24.5 Å². The molecule has 3 aliphatic rings. The van der Waals surface area contributed by atoms with Gasteiger partial charge < -0.3 is 19.9 Å². The van der Waals surface area contributed by atoms with E-state index in [-0.39, 0.29) is 30.4 Å². The van der Waals surface area contributed by atoms with Crippen LogP contribution in [0.2, 0.25) is 0 Å². The maximum atomic E-state index is 13.0. The maximum Gasteiger partial charge on any atom is 0.409 e. The second-order valence-electron chi connectivity index (χ2n) is 8.15. The Labute approximate surface area is 177 Å². The number of hydrogen-bond donors (Lipinski definition) is 1. The standard InChI is InChI=1S/C22H30N4O4/c1-2-30-22(29)25-11-9-24(10-12-25)20(27)15-19-21(28)23-7-8-26(19)18-13-16-5-3-4-6-17(16)14-18/h3-6,18-19H,2,7-15H2,1H3,(H,23,28)/t19-/m0/s1. The average molecular weight is 415 g/mol. The van der Waals surface area contributed by atoms with Crippen molar-refractivity contribution in [3.8, 4) is 0 Å². The number of hydrogen-bond acceptors (Lipinski definition) is 5. The third-order valence-corrected chi connectivity index (χ3v) is 6.40. The fourth-order valence-electron chi connectivity index (χ4n) is 4.80. The van der Waals surface area contributed by atoms with Gasteiger partial charge in [-0.15, -0.1) is 0 Å². The van der Waals surface area contributed by atoms with Crippen molar-refractivity contribution in [2.75, 3.05) is 45.9 Å². The molecule has 2 heterocycles. The Kier molecular flexibility index (Phi) is 6.22.